The minimum Gasteiger partial charge on any atom is -0.395 e. The van der Waals surface area contributed by atoms with E-state index in [0.29, 0.717) is 0 Å². The van der Waals surface area contributed by atoms with Gasteiger partial charge >= 0.3 is 0 Å². The number of hydrogen-bond donors (Lipinski definition) is 1. The average molecular weight is 412 g/mol. The Bertz CT molecular complexity index is 568. The van der Waals surface area contributed by atoms with E-state index in [0.717, 1.165) is 52.2 Å². The molecule has 0 radical (unpaired) electrons. The third-order valence-electron chi connectivity index (χ3n) is 4.87. The highest BCUT2D eigenvalue weighted by Gasteiger charge is 2.16. The molecule has 4 nitrogen and oxygen atoms in total. The standard InChI is InChI=1S/C21H29N3O.2ClH/c25-19-18-23-16-14-22(15-17-23)12-7-13-24(20-8-3-1-4-9-20)21-10-5-2-6-11-21;;/h1-6,8-11,25H,7,12-19H2;2*1H. The smallest absolute Gasteiger partial charge is 0.0558 e. The highest BCUT2D eigenvalue weighted by atomic mass is 35.5. The van der Waals surface area contributed by atoms with E-state index in [2.05, 4.69) is 75.4 Å². The van der Waals surface area contributed by atoms with Gasteiger partial charge in [0.25, 0.3) is 0 Å². The van der Waals surface area contributed by atoms with Crippen LogP contribution in [0, 0.1) is 0 Å². The Kier molecular flexibility index (Phi) is 11.4. The van der Waals surface area contributed by atoms with E-state index in [1.165, 1.54) is 11.4 Å². The Morgan fingerprint density at radius 1 is 0.704 bits per heavy atom. The summed E-state index contributed by atoms with van der Waals surface area (Å²) >= 11 is 0. The first-order valence-corrected chi connectivity index (χ1v) is 9.30. The van der Waals surface area contributed by atoms with E-state index in [9.17, 15) is 0 Å². The number of piperazine rings is 1. The van der Waals surface area contributed by atoms with E-state index in [1.807, 2.05) is 0 Å². The van der Waals surface area contributed by atoms with E-state index in [1.54, 1.807) is 0 Å². The van der Waals surface area contributed by atoms with Crippen LogP contribution in [0.4, 0.5) is 11.4 Å². The third kappa shape index (κ3) is 7.32. The van der Waals surface area contributed by atoms with Crippen LogP contribution in [0.15, 0.2) is 60.7 Å². The fourth-order valence-electron chi connectivity index (χ4n) is 3.45. The number of β-amino-alcohol motifs (C(OH)–C–C–N with tert-alkyl or cyclic N) is 1. The van der Waals surface area contributed by atoms with Crippen molar-refractivity contribution in [2.45, 2.75) is 6.42 Å². The maximum atomic E-state index is 9.04. The van der Waals surface area contributed by atoms with Gasteiger partial charge in [-0.2, -0.15) is 0 Å². The molecule has 0 aromatic heterocycles. The summed E-state index contributed by atoms with van der Waals surface area (Å²) in [6, 6.07) is 21.3. The number of halogens is 2. The SMILES string of the molecule is Cl.Cl.OCCN1CCN(CCCN(c2ccccc2)c2ccccc2)CC1. The Morgan fingerprint density at radius 2 is 1.15 bits per heavy atom. The minimum atomic E-state index is 0. The first-order chi connectivity index (χ1) is 12.4. The van der Waals surface area contributed by atoms with E-state index in [4.69, 9.17) is 5.11 Å². The summed E-state index contributed by atoms with van der Waals surface area (Å²) in [4.78, 5) is 7.29. The lowest BCUT2D eigenvalue weighted by Crippen LogP contribution is -2.47. The first-order valence-electron chi connectivity index (χ1n) is 9.30. The molecule has 0 bridgehead atoms. The van der Waals surface area contributed by atoms with Crippen LogP contribution in [0.1, 0.15) is 6.42 Å². The van der Waals surface area contributed by atoms with Crippen molar-refractivity contribution in [1.82, 2.24) is 9.80 Å². The summed E-state index contributed by atoms with van der Waals surface area (Å²) in [5, 5.41) is 9.04. The molecule has 27 heavy (non-hydrogen) atoms. The molecule has 3 rings (SSSR count). The molecule has 1 N–H and O–H groups in total. The summed E-state index contributed by atoms with van der Waals surface area (Å²) in [7, 11) is 0. The molecule has 0 atom stereocenters. The second-order valence-electron chi connectivity index (χ2n) is 6.58. The number of anilines is 2. The second kappa shape index (κ2) is 13.0. The normalized spacial score (nSPS) is 14.9. The molecule has 1 heterocycles. The van der Waals surface area contributed by atoms with E-state index < -0.39 is 0 Å². The van der Waals surface area contributed by atoms with Crippen LogP contribution < -0.4 is 4.90 Å². The largest absolute Gasteiger partial charge is 0.395 e. The number of aliphatic hydroxyl groups excluding tert-OH is 1. The fourth-order valence-corrected chi connectivity index (χ4v) is 3.45. The van der Waals surface area contributed by atoms with Crippen LogP contribution in [0.25, 0.3) is 0 Å². The van der Waals surface area contributed by atoms with Gasteiger partial charge in [0.15, 0.2) is 0 Å². The zero-order valence-electron chi connectivity index (χ0n) is 15.7. The van der Waals surface area contributed by atoms with Crippen LogP contribution >= 0.6 is 24.8 Å². The Hall–Kier alpha value is -1.30. The zero-order valence-corrected chi connectivity index (χ0v) is 17.4. The maximum absolute atomic E-state index is 9.04. The van der Waals surface area contributed by atoms with Crippen molar-refractivity contribution >= 4 is 36.2 Å². The van der Waals surface area contributed by atoms with Crippen molar-refractivity contribution in [3.05, 3.63) is 60.7 Å². The van der Waals surface area contributed by atoms with Crippen LogP contribution in [0.2, 0.25) is 0 Å². The summed E-state index contributed by atoms with van der Waals surface area (Å²) in [5.74, 6) is 0. The lowest BCUT2D eigenvalue weighted by molar-refractivity contribution is 0.112. The third-order valence-corrected chi connectivity index (χ3v) is 4.87. The molecule has 1 fully saturated rings. The molecule has 0 aliphatic carbocycles. The van der Waals surface area contributed by atoms with Gasteiger partial charge in [-0.3, -0.25) is 4.90 Å². The van der Waals surface area contributed by atoms with Crippen molar-refractivity contribution in [2.24, 2.45) is 0 Å². The van der Waals surface area contributed by atoms with Gasteiger partial charge in [-0.15, -0.1) is 24.8 Å². The summed E-state index contributed by atoms with van der Waals surface area (Å²) in [6.45, 7) is 7.58. The molecule has 6 heteroatoms. The minimum absolute atomic E-state index is 0. The summed E-state index contributed by atoms with van der Waals surface area (Å²) in [5.41, 5.74) is 2.50. The van der Waals surface area contributed by atoms with Crippen LogP contribution in [-0.2, 0) is 0 Å². The number of hydrogen-bond acceptors (Lipinski definition) is 4. The van der Waals surface area contributed by atoms with Gasteiger partial charge in [0.05, 0.1) is 6.61 Å². The molecule has 1 aliphatic heterocycles. The van der Waals surface area contributed by atoms with Gasteiger partial charge in [-0.25, -0.2) is 0 Å². The molecule has 2 aromatic rings. The van der Waals surface area contributed by atoms with E-state index >= 15 is 0 Å². The van der Waals surface area contributed by atoms with Crippen molar-refractivity contribution in [2.75, 3.05) is 57.3 Å². The highest BCUT2D eigenvalue weighted by molar-refractivity contribution is 5.85. The fraction of sp³-hybridized carbons (Fsp3) is 0.429. The first kappa shape index (κ1) is 23.7. The molecular weight excluding hydrogens is 381 g/mol. The molecule has 0 amide bonds. The number of benzene rings is 2. The number of rotatable bonds is 8. The Labute approximate surface area is 175 Å². The maximum Gasteiger partial charge on any atom is 0.0558 e. The number of para-hydroxylation sites is 2. The van der Waals surface area contributed by atoms with Crippen molar-refractivity contribution < 1.29 is 5.11 Å². The van der Waals surface area contributed by atoms with Gasteiger partial charge < -0.3 is 14.9 Å². The second-order valence-corrected chi connectivity index (χ2v) is 6.58. The molecule has 150 valence electrons. The molecule has 0 unspecified atom stereocenters. The van der Waals surface area contributed by atoms with Gasteiger partial charge in [0, 0.05) is 50.6 Å². The monoisotopic (exact) mass is 411 g/mol. The average Bonchev–Trinajstić information content (AvgIpc) is 2.68. The Morgan fingerprint density at radius 3 is 1.59 bits per heavy atom. The van der Waals surface area contributed by atoms with Gasteiger partial charge in [-0.1, -0.05) is 36.4 Å². The summed E-state index contributed by atoms with van der Waals surface area (Å²) in [6.07, 6.45) is 1.14. The summed E-state index contributed by atoms with van der Waals surface area (Å²) < 4.78 is 0. The lowest BCUT2D eigenvalue weighted by Gasteiger charge is -2.35. The van der Waals surface area contributed by atoms with Crippen LogP contribution in [-0.4, -0.2) is 67.3 Å². The van der Waals surface area contributed by atoms with Crippen LogP contribution in [0.5, 0.6) is 0 Å². The van der Waals surface area contributed by atoms with Gasteiger partial charge in [0.1, 0.15) is 0 Å². The van der Waals surface area contributed by atoms with Gasteiger partial charge in [-0.05, 0) is 37.2 Å². The molecule has 1 aliphatic rings. The lowest BCUT2D eigenvalue weighted by atomic mass is 10.2. The van der Waals surface area contributed by atoms with Crippen molar-refractivity contribution in [1.29, 1.82) is 0 Å². The number of nitrogens with zero attached hydrogens (tertiary/aromatic N) is 3. The van der Waals surface area contributed by atoms with Crippen molar-refractivity contribution in [3.63, 3.8) is 0 Å². The molecular formula is C21H31Cl2N3O. The quantitative estimate of drug-likeness (QED) is 0.717. The van der Waals surface area contributed by atoms with Crippen LogP contribution in [0.3, 0.4) is 0 Å². The molecule has 1 saturated heterocycles. The number of aliphatic hydroxyl groups is 1. The molecule has 0 spiro atoms. The molecule has 2 aromatic carbocycles. The van der Waals surface area contributed by atoms with Crippen molar-refractivity contribution in [3.8, 4) is 0 Å². The Balaban J connectivity index is 0.00000182. The van der Waals surface area contributed by atoms with Gasteiger partial charge in [0.2, 0.25) is 0 Å². The zero-order chi connectivity index (χ0) is 17.3. The topological polar surface area (TPSA) is 30.0 Å². The van der Waals surface area contributed by atoms with E-state index in [-0.39, 0.29) is 31.4 Å². The highest BCUT2D eigenvalue weighted by Crippen LogP contribution is 2.25. The molecule has 0 saturated carbocycles. The predicted molar refractivity (Wildman–Crippen MR) is 119 cm³/mol. The predicted octanol–water partition coefficient (Wildman–Crippen LogP) is 3.67.